The fraction of sp³-hybridized carbons (Fsp3) is 0.429. The van der Waals surface area contributed by atoms with Gasteiger partial charge in [0.1, 0.15) is 5.75 Å². The van der Waals surface area contributed by atoms with Gasteiger partial charge in [0.2, 0.25) is 5.91 Å². The molecule has 0 aromatic heterocycles. The van der Waals surface area contributed by atoms with Crippen LogP contribution in [0.5, 0.6) is 5.75 Å². The van der Waals surface area contributed by atoms with E-state index in [0.717, 1.165) is 12.8 Å². The van der Waals surface area contributed by atoms with Gasteiger partial charge in [-0.05, 0) is 47.0 Å². The van der Waals surface area contributed by atoms with Crippen LogP contribution in [0.1, 0.15) is 23.2 Å². The number of piperidine rings is 1. The van der Waals surface area contributed by atoms with Crippen molar-refractivity contribution in [3.05, 3.63) is 28.2 Å². The first-order chi connectivity index (χ1) is 9.58. The van der Waals surface area contributed by atoms with E-state index in [1.807, 2.05) is 0 Å². The highest BCUT2D eigenvalue weighted by molar-refractivity contribution is 9.10. The molecule has 2 heterocycles. The van der Waals surface area contributed by atoms with Crippen LogP contribution in [-0.2, 0) is 4.79 Å². The van der Waals surface area contributed by atoms with Crippen molar-refractivity contribution >= 4 is 27.7 Å². The molecule has 2 unspecified atom stereocenters. The summed E-state index contributed by atoms with van der Waals surface area (Å²) in [6.45, 7) is 1.18. The highest BCUT2D eigenvalue weighted by Gasteiger charge is 2.42. The van der Waals surface area contributed by atoms with Crippen LogP contribution in [0.2, 0.25) is 0 Å². The summed E-state index contributed by atoms with van der Waals surface area (Å²) in [5, 5.41) is 12.5. The molecular weight excluding hydrogens is 324 g/mol. The molecule has 5 nitrogen and oxygen atoms in total. The van der Waals surface area contributed by atoms with E-state index in [0.29, 0.717) is 23.1 Å². The third kappa shape index (κ3) is 2.18. The van der Waals surface area contributed by atoms with E-state index in [-0.39, 0.29) is 29.5 Å². The van der Waals surface area contributed by atoms with Crippen LogP contribution in [0.25, 0.3) is 0 Å². The first kappa shape index (κ1) is 13.4. The fourth-order valence-corrected chi connectivity index (χ4v) is 3.26. The maximum atomic E-state index is 12.6. The van der Waals surface area contributed by atoms with Crippen LogP contribution >= 0.6 is 15.9 Å². The van der Waals surface area contributed by atoms with Gasteiger partial charge in [-0.25, -0.2) is 0 Å². The van der Waals surface area contributed by atoms with Crippen molar-refractivity contribution in [3.8, 4) is 5.75 Å². The van der Waals surface area contributed by atoms with Crippen LogP contribution in [0.3, 0.4) is 0 Å². The molecule has 0 aliphatic carbocycles. The number of amides is 2. The quantitative estimate of drug-likeness (QED) is 0.815. The Morgan fingerprint density at radius 2 is 2.25 bits per heavy atom. The maximum absolute atomic E-state index is 12.6. The molecule has 0 bridgehead atoms. The van der Waals surface area contributed by atoms with Gasteiger partial charge in [0.05, 0.1) is 16.4 Å². The molecule has 0 saturated carbocycles. The minimum absolute atomic E-state index is 0.0463. The third-order valence-corrected chi connectivity index (χ3v) is 4.73. The van der Waals surface area contributed by atoms with E-state index in [2.05, 4.69) is 21.2 Å². The van der Waals surface area contributed by atoms with Crippen LogP contribution in [0.4, 0.5) is 0 Å². The van der Waals surface area contributed by atoms with Crippen molar-refractivity contribution in [2.24, 2.45) is 5.92 Å². The lowest BCUT2D eigenvalue weighted by molar-refractivity contribution is -0.123. The number of aromatic hydroxyl groups is 1. The number of carbonyl (C=O) groups excluding carboxylic acids is 2. The van der Waals surface area contributed by atoms with Gasteiger partial charge in [-0.15, -0.1) is 0 Å². The van der Waals surface area contributed by atoms with Gasteiger partial charge < -0.3 is 15.3 Å². The van der Waals surface area contributed by atoms with E-state index < -0.39 is 0 Å². The van der Waals surface area contributed by atoms with Gasteiger partial charge in [-0.2, -0.15) is 0 Å². The highest BCUT2D eigenvalue weighted by atomic mass is 79.9. The Balaban J connectivity index is 1.86. The summed E-state index contributed by atoms with van der Waals surface area (Å²) in [6.07, 6.45) is 1.68. The Labute approximate surface area is 125 Å². The predicted molar refractivity (Wildman–Crippen MR) is 76.4 cm³/mol. The van der Waals surface area contributed by atoms with Crippen molar-refractivity contribution in [2.45, 2.75) is 18.9 Å². The summed E-state index contributed by atoms with van der Waals surface area (Å²) in [4.78, 5) is 26.0. The number of rotatable bonds is 1. The van der Waals surface area contributed by atoms with Crippen molar-refractivity contribution in [3.63, 3.8) is 0 Å². The summed E-state index contributed by atoms with van der Waals surface area (Å²) in [5.74, 6) is -0.119. The SMILES string of the molecule is O=C1NCC2C1CCCN2C(=O)c1ccc(Br)c(O)c1. The molecule has 2 atom stereocenters. The third-order valence-electron chi connectivity index (χ3n) is 4.06. The van der Waals surface area contributed by atoms with Gasteiger partial charge in [-0.1, -0.05) is 0 Å². The average Bonchev–Trinajstić information content (AvgIpc) is 2.83. The number of hydrogen-bond acceptors (Lipinski definition) is 3. The topological polar surface area (TPSA) is 69.6 Å². The molecule has 6 heteroatoms. The molecule has 0 spiro atoms. The molecule has 1 aromatic carbocycles. The number of benzene rings is 1. The highest BCUT2D eigenvalue weighted by Crippen LogP contribution is 2.30. The van der Waals surface area contributed by atoms with E-state index in [1.54, 1.807) is 17.0 Å². The van der Waals surface area contributed by atoms with Crippen molar-refractivity contribution in [1.82, 2.24) is 10.2 Å². The van der Waals surface area contributed by atoms with Gasteiger partial charge in [0.25, 0.3) is 5.91 Å². The lowest BCUT2D eigenvalue weighted by Gasteiger charge is -2.36. The second-order valence-electron chi connectivity index (χ2n) is 5.23. The van der Waals surface area contributed by atoms with E-state index in [1.165, 1.54) is 6.07 Å². The van der Waals surface area contributed by atoms with Crippen molar-refractivity contribution in [2.75, 3.05) is 13.1 Å². The second-order valence-corrected chi connectivity index (χ2v) is 6.08. The molecule has 3 rings (SSSR count). The smallest absolute Gasteiger partial charge is 0.254 e. The minimum atomic E-state index is -0.126. The van der Waals surface area contributed by atoms with E-state index in [9.17, 15) is 14.7 Å². The zero-order chi connectivity index (χ0) is 14.3. The lowest BCUT2D eigenvalue weighted by atomic mass is 9.91. The molecular formula is C14H15BrN2O3. The van der Waals surface area contributed by atoms with Crippen molar-refractivity contribution < 1.29 is 14.7 Å². The predicted octanol–water partition coefficient (Wildman–Crippen LogP) is 1.51. The monoisotopic (exact) mass is 338 g/mol. The van der Waals surface area contributed by atoms with Gasteiger partial charge in [0.15, 0.2) is 0 Å². The molecule has 2 saturated heterocycles. The van der Waals surface area contributed by atoms with Crippen LogP contribution < -0.4 is 5.32 Å². The number of nitrogens with zero attached hydrogens (tertiary/aromatic N) is 1. The first-order valence-corrected chi connectivity index (χ1v) is 7.44. The average molecular weight is 339 g/mol. The number of fused-ring (bicyclic) bond motifs is 1. The molecule has 2 amide bonds. The Bertz CT molecular complexity index is 576. The number of phenols is 1. The number of likely N-dealkylation sites (tertiary alicyclic amines) is 1. The Morgan fingerprint density at radius 1 is 1.45 bits per heavy atom. The standard InChI is InChI=1S/C14H15BrN2O3/c15-10-4-3-8(6-12(10)18)14(20)17-5-1-2-9-11(17)7-16-13(9)19/h3-4,6,9,11,18H,1-2,5,7H2,(H,16,19). The lowest BCUT2D eigenvalue weighted by Crippen LogP contribution is -2.48. The number of hydrogen-bond donors (Lipinski definition) is 2. The minimum Gasteiger partial charge on any atom is -0.507 e. The molecule has 20 heavy (non-hydrogen) atoms. The normalized spacial score (nSPS) is 25.2. The molecule has 2 fully saturated rings. The molecule has 2 aliphatic rings. The summed E-state index contributed by atoms with van der Waals surface area (Å²) < 4.78 is 0.559. The van der Waals surface area contributed by atoms with Crippen molar-refractivity contribution in [1.29, 1.82) is 0 Å². The molecule has 2 aliphatic heterocycles. The summed E-state index contributed by atoms with van der Waals surface area (Å²) >= 11 is 3.20. The van der Waals surface area contributed by atoms with E-state index in [4.69, 9.17) is 0 Å². The zero-order valence-electron chi connectivity index (χ0n) is 10.8. The van der Waals surface area contributed by atoms with Crippen LogP contribution in [0, 0.1) is 5.92 Å². The maximum Gasteiger partial charge on any atom is 0.254 e. The van der Waals surface area contributed by atoms with E-state index >= 15 is 0 Å². The molecule has 1 aromatic rings. The Morgan fingerprint density at radius 3 is 3.00 bits per heavy atom. The molecule has 106 valence electrons. The number of nitrogens with one attached hydrogen (secondary N) is 1. The Kier molecular flexibility index (Phi) is 3.41. The molecule has 2 N–H and O–H groups in total. The first-order valence-electron chi connectivity index (χ1n) is 6.65. The number of phenolic OH excluding ortho intramolecular Hbond substituents is 1. The molecule has 0 radical (unpaired) electrons. The van der Waals surface area contributed by atoms with Crippen LogP contribution in [-0.4, -0.2) is 41.0 Å². The fourth-order valence-electron chi connectivity index (χ4n) is 3.02. The summed E-state index contributed by atoms with van der Waals surface area (Å²) in [5.41, 5.74) is 0.450. The van der Waals surface area contributed by atoms with Gasteiger partial charge in [0, 0.05) is 18.7 Å². The Hall–Kier alpha value is -1.56. The summed E-state index contributed by atoms with van der Waals surface area (Å²) in [7, 11) is 0. The van der Waals surface area contributed by atoms with Gasteiger partial charge in [-0.3, -0.25) is 9.59 Å². The number of carbonyl (C=O) groups is 2. The second kappa shape index (κ2) is 5.09. The summed E-state index contributed by atoms with van der Waals surface area (Å²) in [6, 6.07) is 4.73. The van der Waals surface area contributed by atoms with Crippen LogP contribution in [0.15, 0.2) is 22.7 Å². The number of halogens is 1. The largest absolute Gasteiger partial charge is 0.507 e. The van der Waals surface area contributed by atoms with Gasteiger partial charge >= 0.3 is 0 Å². The zero-order valence-corrected chi connectivity index (χ0v) is 12.4.